The van der Waals surface area contributed by atoms with Gasteiger partial charge in [-0.3, -0.25) is 19.7 Å². The van der Waals surface area contributed by atoms with Crippen molar-refractivity contribution in [1.82, 2.24) is 5.32 Å². The van der Waals surface area contributed by atoms with Gasteiger partial charge in [-0.15, -0.1) is 0 Å². The lowest BCUT2D eigenvalue weighted by atomic mass is 10.1. The smallest absolute Gasteiger partial charge is 0.286 e. The van der Waals surface area contributed by atoms with Crippen LogP contribution in [0, 0.1) is 24.0 Å². The molecule has 2 amide bonds. The van der Waals surface area contributed by atoms with Crippen molar-refractivity contribution in [3.05, 3.63) is 57.1 Å². The van der Waals surface area contributed by atoms with Crippen LogP contribution >= 0.6 is 0 Å². The number of methoxy groups -OCH3 is 2. The highest BCUT2D eigenvalue weighted by atomic mass is 16.6. The van der Waals surface area contributed by atoms with Gasteiger partial charge in [0.1, 0.15) is 5.56 Å². The summed E-state index contributed by atoms with van der Waals surface area (Å²) < 4.78 is 10.1. The van der Waals surface area contributed by atoms with E-state index in [1.54, 1.807) is 0 Å². The molecule has 9 heteroatoms. The lowest BCUT2D eigenvalue weighted by molar-refractivity contribution is -0.385. The lowest BCUT2D eigenvalue weighted by Crippen LogP contribution is -2.33. The number of carbonyl (C=O) groups is 2. The molecular weight excluding hydrogens is 366 g/mol. The molecule has 2 aromatic rings. The van der Waals surface area contributed by atoms with E-state index in [0.29, 0.717) is 5.69 Å². The van der Waals surface area contributed by atoms with E-state index in [4.69, 9.17) is 9.47 Å². The summed E-state index contributed by atoms with van der Waals surface area (Å²) in [6, 6.07) is 7.89. The fourth-order valence-corrected chi connectivity index (χ4v) is 2.65. The van der Waals surface area contributed by atoms with Gasteiger partial charge in [-0.2, -0.15) is 0 Å². The molecule has 0 spiro atoms. The summed E-state index contributed by atoms with van der Waals surface area (Å²) in [4.78, 5) is 35.2. The van der Waals surface area contributed by atoms with E-state index in [2.05, 4.69) is 10.6 Å². The average molecular weight is 387 g/mol. The van der Waals surface area contributed by atoms with Gasteiger partial charge in [0, 0.05) is 11.8 Å². The van der Waals surface area contributed by atoms with Crippen LogP contribution < -0.4 is 20.1 Å². The molecule has 0 aliphatic carbocycles. The Morgan fingerprint density at radius 2 is 1.64 bits per heavy atom. The van der Waals surface area contributed by atoms with Crippen molar-refractivity contribution in [2.24, 2.45) is 0 Å². The van der Waals surface area contributed by atoms with Crippen molar-refractivity contribution < 1.29 is 24.0 Å². The molecule has 0 unspecified atom stereocenters. The van der Waals surface area contributed by atoms with Crippen LogP contribution in [-0.4, -0.2) is 37.5 Å². The predicted molar refractivity (Wildman–Crippen MR) is 103 cm³/mol. The molecule has 0 saturated carbocycles. The number of rotatable bonds is 7. The molecule has 28 heavy (non-hydrogen) atoms. The second-order valence-corrected chi connectivity index (χ2v) is 5.98. The second kappa shape index (κ2) is 8.85. The Labute approximate surface area is 161 Å². The molecule has 0 radical (unpaired) electrons. The van der Waals surface area contributed by atoms with Crippen molar-refractivity contribution in [3.8, 4) is 11.5 Å². The van der Waals surface area contributed by atoms with Crippen LogP contribution in [0.5, 0.6) is 11.5 Å². The summed E-state index contributed by atoms with van der Waals surface area (Å²) in [5.41, 5.74) is 1.75. The number of para-hydroxylation sites is 1. The largest absolute Gasteiger partial charge is 0.493 e. The van der Waals surface area contributed by atoms with Gasteiger partial charge in [-0.05, 0) is 25.0 Å². The Bertz CT molecular complexity index is 906. The molecule has 2 N–H and O–H groups in total. The van der Waals surface area contributed by atoms with Crippen molar-refractivity contribution in [1.29, 1.82) is 0 Å². The van der Waals surface area contributed by atoms with Gasteiger partial charge in [0.2, 0.25) is 5.91 Å². The number of anilines is 1. The third kappa shape index (κ3) is 4.56. The summed E-state index contributed by atoms with van der Waals surface area (Å²) in [6.45, 7) is 3.36. The normalized spacial score (nSPS) is 10.1. The van der Waals surface area contributed by atoms with E-state index in [0.717, 1.165) is 17.2 Å². The average Bonchev–Trinajstić information content (AvgIpc) is 2.67. The van der Waals surface area contributed by atoms with Gasteiger partial charge in [-0.25, -0.2) is 0 Å². The number of benzene rings is 2. The van der Waals surface area contributed by atoms with E-state index < -0.39 is 22.4 Å². The van der Waals surface area contributed by atoms with Crippen LogP contribution in [0.4, 0.5) is 11.4 Å². The molecule has 0 saturated heterocycles. The van der Waals surface area contributed by atoms with Crippen molar-refractivity contribution in [2.45, 2.75) is 13.8 Å². The number of nitrogens with zero attached hydrogens (tertiary/aromatic N) is 1. The van der Waals surface area contributed by atoms with E-state index in [9.17, 15) is 19.7 Å². The van der Waals surface area contributed by atoms with E-state index >= 15 is 0 Å². The highest BCUT2D eigenvalue weighted by Crippen LogP contribution is 2.34. The number of carbonyl (C=O) groups excluding carboxylic acids is 2. The number of nitro groups is 1. The first kappa shape index (κ1) is 20.7. The van der Waals surface area contributed by atoms with Gasteiger partial charge >= 0.3 is 0 Å². The SMILES string of the molecule is COc1cc(C(=O)NCC(=O)Nc2c(C)cccc2C)c([N+](=O)[O-])cc1OC. The number of nitro benzene ring substituents is 1. The summed E-state index contributed by atoms with van der Waals surface area (Å²) >= 11 is 0. The first-order chi connectivity index (χ1) is 13.3. The predicted octanol–water partition coefficient (Wildman–Crippen LogP) is 2.60. The molecule has 2 aromatic carbocycles. The summed E-state index contributed by atoms with van der Waals surface area (Å²) in [7, 11) is 2.68. The maximum atomic E-state index is 12.4. The van der Waals surface area contributed by atoms with Gasteiger partial charge in [0.15, 0.2) is 11.5 Å². The third-order valence-corrected chi connectivity index (χ3v) is 4.10. The zero-order valence-corrected chi connectivity index (χ0v) is 16.0. The summed E-state index contributed by atoms with van der Waals surface area (Å²) in [5, 5.41) is 16.4. The molecule has 2 rings (SSSR count). The Kier molecular flexibility index (Phi) is 6.54. The van der Waals surface area contributed by atoms with Gasteiger partial charge < -0.3 is 20.1 Å². The van der Waals surface area contributed by atoms with Gasteiger partial charge in [0.25, 0.3) is 11.6 Å². The Morgan fingerprint density at radius 1 is 1.07 bits per heavy atom. The molecule has 0 aromatic heterocycles. The molecule has 0 aliphatic heterocycles. The van der Waals surface area contributed by atoms with E-state index in [1.165, 1.54) is 20.3 Å². The minimum absolute atomic E-state index is 0.124. The Hall–Kier alpha value is -3.62. The van der Waals surface area contributed by atoms with E-state index in [1.807, 2.05) is 32.0 Å². The zero-order chi connectivity index (χ0) is 20.8. The van der Waals surface area contributed by atoms with Crippen molar-refractivity contribution in [3.63, 3.8) is 0 Å². The van der Waals surface area contributed by atoms with Crippen LogP contribution in [0.1, 0.15) is 21.5 Å². The second-order valence-electron chi connectivity index (χ2n) is 5.98. The fraction of sp³-hybridized carbons (Fsp3) is 0.263. The van der Waals surface area contributed by atoms with Crippen LogP contribution in [0.25, 0.3) is 0 Å². The Morgan fingerprint density at radius 3 is 2.18 bits per heavy atom. The number of amides is 2. The molecule has 0 fully saturated rings. The highest BCUT2D eigenvalue weighted by Gasteiger charge is 2.25. The molecule has 0 bridgehead atoms. The molecule has 148 valence electrons. The number of aryl methyl sites for hydroxylation is 2. The van der Waals surface area contributed by atoms with Crippen LogP contribution in [0.2, 0.25) is 0 Å². The van der Waals surface area contributed by atoms with Gasteiger partial charge in [-0.1, -0.05) is 18.2 Å². The first-order valence-corrected chi connectivity index (χ1v) is 8.33. The first-order valence-electron chi connectivity index (χ1n) is 8.33. The molecule has 0 atom stereocenters. The maximum Gasteiger partial charge on any atom is 0.286 e. The fourth-order valence-electron chi connectivity index (χ4n) is 2.65. The molecule has 0 aliphatic rings. The van der Waals surface area contributed by atoms with Crippen LogP contribution in [0.15, 0.2) is 30.3 Å². The summed E-state index contributed by atoms with van der Waals surface area (Å²) in [6.07, 6.45) is 0. The minimum Gasteiger partial charge on any atom is -0.493 e. The van der Waals surface area contributed by atoms with Crippen molar-refractivity contribution in [2.75, 3.05) is 26.1 Å². The summed E-state index contributed by atoms with van der Waals surface area (Å²) in [5.74, 6) is -0.935. The quantitative estimate of drug-likeness (QED) is 0.557. The lowest BCUT2D eigenvalue weighted by Gasteiger charge is -2.13. The monoisotopic (exact) mass is 387 g/mol. The molecule has 0 heterocycles. The van der Waals surface area contributed by atoms with E-state index in [-0.39, 0.29) is 23.6 Å². The topological polar surface area (TPSA) is 120 Å². The van der Waals surface area contributed by atoms with Crippen LogP contribution in [0.3, 0.4) is 0 Å². The van der Waals surface area contributed by atoms with Crippen LogP contribution in [-0.2, 0) is 4.79 Å². The molecular formula is C19H21N3O6. The number of hydrogen-bond acceptors (Lipinski definition) is 6. The maximum absolute atomic E-state index is 12.4. The van der Waals surface area contributed by atoms with Gasteiger partial charge in [0.05, 0.1) is 31.8 Å². The third-order valence-electron chi connectivity index (χ3n) is 4.10. The minimum atomic E-state index is -0.774. The number of nitrogens with one attached hydrogen (secondary N) is 2. The Balaban J connectivity index is 2.16. The van der Waals surface area contributed by atoms with Crippen molar-refractivity contribution >= 4 is 23.2 Å². The zero-order valence-electron chi connectivity index (χ0n) is 16.0. The number of ether oxygens (including phenoxy) is 2. The highest BCUT2D eigenvalue weighted by molar-refractivity contribution is 6.02. The molecule has 9 nitrogen and oxygen atoms in total. The standard InChI is InChI=1S/C19H21N3O6/c1-11-6-5-7-12(2)18(11)21-17(23)10-20-19(24)13-8-15(27-3)16(28-4)9-14(13)22(25)26/h5-9H,10H2,1-4H3,(H,20,24)(H,21,23). The number of hydrogen-bond donors (Lipinski definition) is 2.